The zero-order valence-corrected chi connectivity index (χ0v) is 11.7. The number of benzene rings is 1. The summed E-state index contributed by atoms with van der Waals surface area (Å²) < 4.78 is 0. The lowest BCUT2D eigenvalue weighted by Gasteiger charge is -2.25. The normalized spacial score (nSPS) is 14.1. The molecule has 1 aliphatic heterocycles. The quantitative estimate of drug-likeness (QED) is 0.556. The molecule has 4 amide bonds. The van der Waals surface area contributed by atoms with Gasteiger partial charge in [-0.15, -0.1) is 0 Å². The number of amides is 4. The molecular formula is C13H13N7O2. The smallest absolute Gasteiger partial charge is 0.245 e. The Balaban J connectivity index is 1.84. The summed E-state index contributed by atoms with van der Waals surface area (Å²) in [5, 5.41) is 17.2. The zero-order valence-electron chi connectivity index (χ0n) is 11.7. The van der Waals surface area contributed by atoms with Crippen LogP contribution in [0.5, 0.6) is 0 Å². The van der Waals surface area contributed by atoms with Crippen LogP contribution < -0.4 is 16.3 Å². The molecule has 0 unspecified atom stereocenters. The first-order valence-corrected chi connectivity index (χ1v) is 6.29. The average molecular weight is 299 g/mol. The second-order valence-electron chi connectivity index (χ2n) is 4.39. The number of nitriles is 1. The molecule has 0 aliphatic carbocycles. The lowest BCUT2D eigenvalue weighted by molar-refractivity contribution is 0.173. The van der Waals surface area contributed by atoms with Gasteiger partial charge in [-0.25, -0.2) is 30.9 Å². The van der Waals surface area contributed by atoms with Gasteiger partial charge in [0.05, 0.1) is 30.1 Å². The number of carbonyl (C=O) groups is 2. The van der Waals surface area contributed by atoms with E-state index in [9.17, 15) is 9.59 Å². The minimum absolute atomic E-state index is 0.193. The van der Waals surface area contributed by atoms with E-state index in [2.05, 4.69) is 26.5 Å². The average Bonchev–Trinajstić information content (AvgIpc) is 2.51. The van der Waals surface area contributed by atoms with Crippen molar-refractivity contribution >= 4 is 24.0 Å². The molecule has 9 nitrogen and oxygen atoms in total. The Bertz CT molecular complexity index is 673. The maximum atomic E-state index is 11.6. The number of nitrogens with zero attached hydrogens (tertiary/aromatic N) is 4. The van der Waals surface area contributed by atoms with Crippen LogP contribution in [0.3, 0.4) is 0 Å². The second-order valence-corrected chi connectivity index (χ2v) is 4.39. The van der Waals surface area contributed by atoms with Gasteiger partial charge in [-0.05, 0) is 24.6 Å². The molecule has 1 heterocycles. The Hall–Kier alpha value is -3.41. The van der Waals surface area contributed by atoms with Crippen molar-refractivity contribution in [3.63, 3.8) is 0 Å². The summed E-state index contributed by atoms with van der Waals surface area (Å²) in [6.07, 6.45) is 1.42. The van der Waals surface area contributed by atoms with Crippen molar-refractivity contribution in [3.05, 3.63) is 35.4 Å². The van der Waals surface area contributed by atoms with Crippen LogP contribution in [0.25, 0.3) is 0 Å². The summed E-state index contributed by atoms with van der Waals surface area (Å²) in [6, 6.07) is 7.48. The summed E-state index contributed by atoms with van der Waals surface area (Å²) in [5.74, 6) is 0. The number of hydrazone groups is 2. The van der Waals surface area contributed by atoms with E-state index in [4.69, 9.17) is 5.26 Å². The van der Waals surface area contributed by atoms with Crippen LogP contribution in [0.2, 0.25) is 0 Å². The fourth-order valence-corrected chi connectivity index (χ4v) is 1.59. The molecule has 0 spiro atoms. The van der Waals surface area contributed by atoms with Crippen LogP contribution in [0.15, 0.2) is 34.5 Å². The lowest BCUT2D eigenvalue weighted by atomic mass is 10.2. The molecule has 112 valence electrons. The van der Waals surface area contributed by atoms with E-state index in [1.54, 1.807) is 31.2 Å². The third-order valence-corrected chi connectivity index (χ3v) is 2.63. The zero-order chi connectivity index (χ0) is 15.9. The van der Waals surface area contributed by atoms with E-state index in [0.29, 0.717) is 11.3 Å². The second kappa shape index (κ2) is 6.85. The molecule has 9 heteroatoms. The monoisotopic (exact) mass is 299 g/mol. The highest BCUT2D eigenvalue weighted by molar-refractivity contribution is 5.92. The number of nitrogens with one attached hydrogen (secondary N) is 3. The van der Waals surface area contributed by atoms with Crippen molar-refractivity contribution in [2.75, 3.05) is 6.54 Å². The van der Waals surface area contributed by atoms with E-state index in [1.807, 2.05) is 6.07 Å². The standard InChI is InChI=1S/C13H13N7O2/c1-9-8-20(13(22)18-16-9)19-12(21)17-15-7-11-4-2-10(6-14)3-5-11/h2-5,7H,8H2,1H3,(H,18,22)(H2,17,19,21)/b15-7+. The van der Waals surface area contributed by atoms with Gasteiger partial charge in [-0.1, -0.05) is 12.1 Å². The Labute approximate surface area is 126 Å². The highest BCUT2D eigenvalue weighted by Gasteiger charge is 2.20. The number of carbonyl (C=O) groups excluding carboxylic acids is 2. The van der Waals surface area contributed by atoms with Crippen LogP contribution in [-0.2, 0) is 0 Å². The Morgan fingerprint density at radius 2 is 2.23 bits per heavy atom. The molecule has 0 saturated carbocycles. The van der Waals surface area contributed by atoms with Gasteiger partial charge in [0.15, 0.2) is 0 Å². The SMILES string of the molecule is CC1=NNC(=O)N(NC(=O)N/N=C/c2ccc(C#N)cc2)C1. The van der Waals surface area contributed by atoms with Crippen molar-refractivity contribution in [1.29, 1.82) is 5.26 Å². The van der Waals surface area contributed by atoms with Crippen LogP contribution in [-0.4, -0.2) is 35.5 Å². The maximum Gasteiger partial charge on any atom is 0.356 e. The molecule has 22 heavy (non-hydrogen) atoms. The van der Waals surface area contributed by atoms with Crippen LogP contribution in [0.1, 0.15) is 18.1 Å². The van der Waals surface area contributed by atoms with Gasteiger partial charge in [0.2, 0.25) is 0 Å². The largest absolute Gasteiger partial charge is 0.356 e. The van der Waals surface area contributed by atoms with Gasteiger partial charge in [-0.3, -0.25) is 0 Å². The molecule has 1 aromatic rings. The van der Waals surface area contributed by atoms with E-state index in [-0.39, 0.29) is 6.54 Å². The first kappa shape index (κ1) is 15.0. The van der Waals surface area contributed by atoms with E-state index in [0.717, 1.165) is 10.6 Å². The van der Waals surface area contributed by atoms with Crippen molar-refractivity contribution in [2.45, 2.75) is 6.92 Å². The summed E-state index contributed by atoms with van der Waals surface area (Å²) in [6.45, 7) is 1.91. The number of rotatable bonds is 3. The van der Waals surface area contributed by atoms with E-state index in [1.165, 1.54) is 6.21 Å². The summed E-state index contributed by atoms with van der Waals surface area (Å²) in [5.41, 5.74) is 8.73. The molecule has 0 fully saturated rings. The van der Waals surface area contributed by atoms with Crippen LogP contribution in [0, 0.1) is 11.3 Å². The molecule has 2 rings (SSSR count). The van der Waals surface area contributed by atoms with Gasteiger partial charge in [0.1, 0.15) is 0 Å². The van der Waals surface area contributed by atoms with Gasteiger partial charge in [0.25, 0.3) is 0 Å². The summed E-state index contributed by atoms with van der Waals surface area (Å²) in [4.78, 5) is 23.0. The third-order valence-electron chi connectivity index (χ3n) is 2.63. The van der Waals surface area contributed by atoms with Crippen molar-refractivity contribution in [1.82, 2.24) is 21.3 Å². The highest BCUT2D eigenvalue weighted by Crippen LogP contribution is 2.00. The molecule has 1 aliphatic rings. The number of hydrogen-bond donors (Lipinski definition) is 3. The van der Waals surface area contributed by atoms with Crippen molar-refractivity contribution < 1.29 is 9.59 Å². The first-order valence-electron chi connectivity index (χ1n) is 6.29. The predicted molar refractivity (Wildman–Crippen MR) is 78.8 cm³/mol. The lowest BCUT2D eigenvalue weighted by Crippen LogP contribution is -2.55. The fourth-order valence-electron chi connectivity index (χ4n) is 1.59. The third kappa shape index (κ3) is 4.04. The maximum absolute atomic E-state index is 11.6. The minimum Gasteiger partial charge on any atom is -0.245 e. The van der Waals surface area contributed by atoms with E-state index < -0.39 is 12.1 Å². The molecule has 0 saturated heterocycles. The molecular weight excluding hydrogens is 286 g/mol. The van der Waals surface area contributed by atoms with Crippen molar-refractivity contribution in [2.24, 2.45) is 10.2 Å². The number of hydrogen-bond acceptors (Lipinski definition) is 5. The van der Waals surface area contributed by atoms with Crippen LogP contribution in [0.4, 0.5) is 9.59 Å². The van der Waals surface area contributed by atoms with Gasteiger partial charge >= 0.3 is 12.1 Å². The summed E-state index contributed by atoms with van der Waals surface area (Å²) >= 11 is 0. The minimum atomic E-state index is -0.658. The first-order chi connectivity index (χ1) is 10.6. The van der Waals surface area contributed by atoms with Gasteiger partial charge in [0, 0.05) is 0 Å². The molecule has 0 bridgehead atoms. The Morgan fingerprint density at radius 1 is 1.50 bits per heavy atom. The van der Waals surface area contributed by atoms with Gasteiger partial charge in [-0.2, -0.15) is 15.5 Å². The Kier molecular flexibility index (Phi) is 4.66. The molecule has 0 atom stereocenters. The van der Waals surface area contributed by atoms with Gasteiger partial charge < -0.3 is 0 Å². The van der Waals surface area contributed by atoms with Crippen molar-refractivity contribution in [3.8, 4) is 6.07 Å². The highest BCUT2D eigenvalue weighted by atomic mass is 16.2. The Morgan fingerprint density at radius 3 is 2.91 bits per heavy atom. The number of hydrazine groups is 1. The fraction of sp³-hybridized carbons (Fsp3) is 0.154. The predicted octanol–water partition coefficient (Wildman–Crippen LogP) is 0.507. The van der Waals surface area contributed by atoms with Crippen LogP contribution >= 0.6 is 0 Å². The summed E-state index contributed by atoms with van der Waals surface area (Å²) in [7, 11) is 0. The molecule has 0 radical (unpaired) electrons. The topological polar surface area (TPSA) is 122 Å². The molecule has 1 aromatic carbocycles. The molecule has 0 aromatic heterocycles. The van der Waals surface area contributed by atoms with E-state index >= 15 is 0 Å². The number of urea groups is 2. The molecule has 3 N–H and O–H groups in total.